The fraction of sp³-hybridized carbons (Fsp3) is 0.500. The lowest BCUT2D eigenvalue weighted by Crippen LogP contribution is -2.25. The Hall–Kier alpha value is -1.60. The SMILES string of the molecule is CNc1cc(C(F)(F)F)cc(N(C)CC(F)F)n1. The maximum atomic E-state index is 12.6. The predicted molar refractivity (Wildman–Crippen MR) is 58.1 cm³/mol. The average Bonchev–Trinajstić information content (AvgIpc) is 2.26. The summed E-state index contributed by atoms with van der Waals surface area (Å²) >= 11 is 0. The lowest BCUT2D eigenvalue weighted by atomic mass is 10.2. The summed E-state index contributed by atoms with van der Waals surface area (Å²) in [6.07, 6.45) is -7.20. The number of rotatable bonds is 4. The Morgan fingerprint density at radius 3 is 2.39 bits per heavy atom. The summed E-state index contributed by atoms with van der Waals surface area (Å²) in [6, 6.07) is 1.56. The zero-order valence-electron chi connectivity index (χ0n) is 9.72. The van der Waals surface area contributed by atoms with Crippen LogP contribution >= 0.6 is 0 Å². The molecule has 0 saturated carbocycles. The summed E-state index contributed by atoms with van der Waals surface area (Å²) in [5.41, 5.74) is -0.932. The van der Waals surface area contributed by atoms with E-state index in [1.165, 1.54) is 14.1 Å². The Kier molecular flexibility index (Phi) is 4.31. The number of anilines is 2. The van der Waals surface area contributed by atoms with Gasteiger partial charge in [0.2, 0.25) is 0 Å². The molecule has 0 amide bonds. The molecule has 0 aromatic carbocycles. The largest absolute Gasteiger partial charge is 0.416 e. The van der Waals surface area contributed by atoms with E-state index >= 15 is 0 Å². The maximum Gasteiger partial charge on any atom is 0.416 e. The molecule has 0 aliphatic heterocycles. The lowest BCUT2D eigenvalue weighted by molar-refractivity contribution is -0.137. The van der Waals surface area contributed by atoms with Gasteiger partial charge >= 0.3 is 6.18 Å². The molecule has 8 heteroatoms. The predicted octanol–water partition coefficient (Wildman–Crippen LogP) is 2.84. The van der Waals surface area contributed by atoms with Gasteiger partial charge in [-0.2, -0.15) is 13.2 Å². The van der Waals surface area contributed by atoms with Crippen LogP contribution < -0.4 is 10.2 Å². The smallest absolute Gasteiger partial charge is 0.373 e. The number of halogens is 5. The van der Waals surface area contributed by atoms with Gasteiger partial charge in [0.25, 0.3) is 6.43 Å². The molecule has 0 spiro atoms. The number of alkyl halides is 5. The van der Waals surface area contributed by atoms with Crippen molar-refractivity contribution in [2.75, 3.05) is 30.9 Å². The third-order valence-electron chi connectivity index (χ3n) is 2.20. The van der Waals surface area contributed by atoms with E-state index < -0.39 is 24.7 Å². The topological polar surface area (TPSA) is 28.2 Å². The molecule has 0 bridgehead atoms. The molecule has 1 rings (SSSR count). The van der Waals surface area contributed by atoms with E-state index in [2.05, 4.69) is 10.3 Å². The molecular weight excluding hydrogens is 257 g/mol. The number of hydrogen-bond acceptors (Lipinski definition) is 3. The van der Waals surface area contributed by atoms with Gasteiger partial charge in [-0.15, -0.1) is 0 Å². The standard InChI is InChI=1S/C10H12F5N3/c1-16-8-3-6(10(13,14)15)4-9(17-8)18(2)5-7(11)12/h3-4,7H,5H2,1-2H3,(H,16,17). The first-order valence-electron chi connectivity index (χ1n) is 5.00. The molecule has 1 heterocycles. The second-order valence-electron chi connectivity index (χ2n) is 3.62. The Morgan fingerprint density at radius 2 is 1.94 bits per heavy atom. The summed E-state index contributed by atoms with van der Waals surface area (Å²) in [5, 5.41) is 2.46. The number of nitrogens with zero attached hydrogens (tertiary/aromatic N) is 2. The highest BCUT2D eigenvalue weighted by Crippen LogP contribution is 2.32. The van der Waals surface area contributed by atoms with Gasteiger partial charge in [0.05, 0.1) is 12.1 Å². The van der Waals surface area contributed by atoms with Gasteiger partial charge in [0, 0.05) is 14.1 Å². The van der Waals surface area contributed by atoms with E-state index in [0.717, 1.165) is 17.0 Å². The van der Waals surface area contributed by atoms with Crippen molar-refractivity contribution in [2.24, 2.45) is 0 Å². The molecule has 0 radical (unpaired) electrons. The van der Waals surface area contributed by atoms with Crippen LogP contribution in [-0.4, -0.2) is 32.0 Å². The van der Waals surface area contributed by atoms with Crippen molar-refractivity contribution in [1.29, 1.82) is 0 Å². The van der Waals surface area contributed by atoms with Crippen LogP contribution in [0.3, 0.4) is 0 Å². The zero-order chi connectivity index (χ0) is 13.9. The molecule has 0 aliphatic rings. The van der Waals surface area contributed by atoms with E-state index in [-0.39, 0.29) is 11.6 Å². The van der Waals surface area contributed by atoms with Crippen molar-refractivity contribution in [3.63, 3.8) is 0 Å². The van der Waals surface area contributed by atoms with Crippen molar-refractivity contribution in [2.45, 2.75) is 12.6 Å². The third-order valence-corrected chi connectivity index (χ3v) is 2.20. The molecular formula is C10H12F5N3. The van der Waals surface area contributed by atoms with E-state index in [0.29, 0.717) is 0 Å². The maximum absolute atomic E-state index is 12.6. The van der Waals surface area contributed by atoms with E-state index in [4.69, 9.17) is 0 Å². The van der Waals surface area contributed by atoms with Crippen molar-refractivity contribution >= 4 is 11.6 Å². The zero-order valence-corrected chi connectivity index (χ0v) is 9.72. The van der Waals surface area contributed by atoms with E-state index in [9.17, 15) is 22.0 Å². The molecule has 1 aromatic rings. The summed E-state index contributed by atoms with van der Waals surface area (Å²) in [7, 11) is 2.66. The monoisotopic (exact) mass is 269 g/mol. The van der Waals surface area contributed by atoms with E-state index in [1.54, 1.807) is 0 Å². The van der Waals surface area contributed by atoms with Crippen molar-refractivity contribution < 1.29 is 22.0 Å². The summed E-state index contributed by atoms with van der Waals surface area (Å²) in [4.78, 5) is 4.77. The summed E-state index contributed by atoms with van der Waals surface area (Å²) in [6.45, 7) is -0.683. The normalized spacial score (nSPS) is 11.8. The first-order chi connectivity index (χ1) is 8.24. The van der Waals surface area contributed by atoms with Crippen LogP contribution in [0.25, 0.3) is 0 Å². The highest BCUT2D eigenvalue weighted by Gasteiger charge is 2.32. The molecule has 0 atom stereocenters. The van der Waals surface area contributed by atoms with Gasteiger partial charge < -0.3 is 10.2 Å². The van der Waals surface area contributed by atoms with Gasteiger partial charge in [0.1, 0.15) is 11.6 Å². The number of aromatic nitrogens is 1. The first kappa shape index (κ1) is 14.5. The van der Waals surface area contributed by atoms with Gasteiger partial charge in [-0.1, -0.05) is 0 Å². The van der Waals surface area contributed by atoms with Crippen LogP contribution in [0.5, 0.6) is 0 Å². The molecule has 0 saturated heterocycles. The molecule has 1 N–H and O–H groups in total. The molecule has 18 heavy (non-hydrogen) atoms. The first-order valence-corrected chi connectivity index (χ1v) is 5.00. The Balaban J connectivity index is 3.12. The van der Waals surface area contributed by atoms with Gasteiger partial charge in [-0.05, 0) is 12.1 Å². The van der Waals surface area contributed by atoms with Crippen molar-refractivity contribution in [3.8, 4) is 0 Å². The lowest BCUT2D eigenvalue weighted by Gasteiger charge is -2.20. The highest BCUT2D eigenvalue weighted by molar-refractivity contribution is 5.50. The highest BCUT2D eigenvalue weighted by atomic mass is 19.4. The minimum Gasteiger partial charge on any atom is -0.373 e. The van der Waals surface area contributed by atoms with Crippen LogP contribution in [0.4, 0.5) is 33.6 Å². The van der Waals surface area contributed by atoms with Crippen LogP contribution in [0.1, 0.15) is 5.56 Å². The summed E-state index contributed by atoms with van der Waals surface area (Å²) < 4.78 is 62.1. The van der Waals surface area contributed by atoms with Crippen LogP contribution in [-0.2, 0) is 6.18 Å². The Labute approximate surface area is 101 Å². The quantitative estimate of drug-likeness (QED) is 0.852. The molecule has 0 unspecified atom stereocenters. The number of hydrogen-bond donors (Lipinski definition) is 1. The molecule has 3 nitrogen and oxygen atoms in total. The van der Waals surface area contributed by atoms with Crippen LogP contribution in [0, 0.1) is 0 Å². The Bertz CT molecular complexity index is 405. The second kappa shape index (κ2) is 5.36. The molecule has 1 aromatic heterocycles. The third kappa shape index (κ3) is 3.71. The fourth-order valence-electron chi connectivity index (χ4n) is 1.30. The number of nitrogens with one attached hydrogen (secondary N) is 1. The van der Waals surface area contributed by atoms with E-state index in [1.807, 2.05) is 0 Å². The van der Waals surface area contributed by atoms with Gasteiger partial charge in [-0.3, -0.25) is 0 Å². The summed E-state index contributed by atoms with van der Waals surface area (Å²) in [5.74, 6) is -0.185. The minimum atomic E-state index is -4.55. The fourth-order valence-corrected chi connectivity index (χ4v) is 1.30. The molecule has 0 fully saturated rings. The minimum absolute atomic E-state index is 0.0269. The van der Waals surface area contributed by atoms with Gasteiger partial charge in [-0.25, -0.2) is 13.8 Å². The molecule has 0 aliphatic carbocycles. The van der Waals surface area contributed by atoms with Crippen LogP contribution in [0.15, 0.2) is 12.1 Å². The number of pyridine rings is 1. The molecule has 102 valence electrons. The second-order valence-corrected chi connectivity index (χ2v) is 3.62. The van der Waals surface area contributed by atoms with Gasteiger partial charge in [0.15, 0.2) is 0 Å². The van der Waals surface area contributed by atoms with Crippen LogP contribution in [0.2, 0.25) is 0 Å². The average molecular weight is 269 g/mol. The van der Waals surface area contributed by atoms with Crippen molar-refractivity contribution in [1.82, 2.24) is 4.98 Å². The van der Waals surface area contributed by atoms with Crippen molar-refractivity contribution in [3.05, 3.63) is 17.7 Å². The Morgan fingerprint density at radius 1 is 1.33 bits per heavy atom.